The summed E-state index contributed by atoms with van der Waals surface area (Å²) in [5.74, 6) is -2.81. The second-order valence-electron chi connectivity index (χ2n) is 4.81. The van der Waals surface area contributed by atoms with Crippen LogP contribution in [0, 0.1) is 25.5 Å². The number of hydrogen-bond donors (Lipinski definition) is 2. The highest BCUT2D eigenvalue weighted by Crippen LogP contribution is 2.21. The molecular formula is C15H15BF2O3. The van der Waals surface area contributed by atoms with Crippen molar-refractivity contribution in [3.8, 4) is 5.75 Å². The first kappa shape index (κ1) is 15.5. The number of ether oxygens (including phenoxy) is 1. The van der Waals surface area contributed by atoms with Crippen molar-refractivity contribution in [2.24, 2.45) is 0 Å². The Balaban J connectivity index is 2.23. The van der Waals surface area contributed by atoms with Crippen molar-refractivity contribution in [3.63, 3.8) is 0 Å². The van der Waals surface area contributed by atoms with E-state index in [0.29, 0.717) is 0 Å². The molecule has 6 heteroatoms. The third-order valence-electron chi connectivity index (χ3n) is 3.37. The van der Waals surface area contributed by atoms with E-state index < -0.39 is 24.2 Å². The standard InChI is InChI=1S/C15H15BF2O3/c1-9-4-3-5-10(2)11(9)8-21-13-7-6-12(16(19)20)14(17)15(13)18/h3-7,19-20H,8H2,1-2H3. The first-order valence-corrected chi connectivity index (χ1v) is 6.43. The molecule has 0 aliphatic rings. The van der Waals surface area contributed by atoms with Crippen LogP contribution in [0.5, 0.6) is 5.75 Å². The van der Waals surface area contributed by atoms with E-state index in [2.05, 4.69) is 0 Å². The van der Waals surface area contributed by atoms with Gasteiger partial charge in [-0.1, -0.05) is 24.3 Å². The molecule has 0 saturated heterocycles. The van der Waals surface area contributed by atoms with Crippen molar-refractivity contribution in [1.29, 1.82) is 0 Å². The predicted octanol–water partition coefficient (Wildman–Crippen LogP) is 1.84. The highest BCUT2D eigenvalue weighted by molar-refractivity contribution is 6.58. The van der Waals surface area contributed by atoms with Crippen molar-refractivity contribution in [1.82, 2.24) is 0 Å². The van der Waals surface area contributed by atoms with Crippen molar-refractivity contribution >= 4 is 12.6 Å². The van der Waals surface area contributed by atoms with Gasteiger partial charge in [0.15, 0.2) is 17.4 Å². The molecule has 0 atom stereocenters. The minimum Gasteiger partial charge on any atom is -0.486 e. The van der Waals surface area contributed by atoms with Crippen molar-refractivity contribution in [3.05, 3.63) is 58.7 Å². The zero-order chi connectivity index (χ0) is 15.6. The smallest absolute Gasteiger partial charge is 0.486 e. The molecule has 0 aliphatic heterocycles. The van der Waals surface area contributed by atoms with Gasteiger partial charge < -0.3 is 14.8 Å². The van der Waals surface area contributed by atoms with E-state index in [9.17, 15) is 8.78 Å². The Labute approximate surface area is 122 Å². The zero-order valence-electron chi connectivity index (χ0n) is 11.7. The van der Waals surface area contributed by atoms with E-state index in [1.165, 1.54) is 6.07 Å². The van der Waals surface area contributed by atoms with Crippen molar-refractivity contribution in [2.75, 3.05) is 0 Å². The minimum absolute atomic E-state index is 0.107. The average Bonchev–Trinajstić information content (AvgIpc) is 2.42. The van der Waals surface area contributed by atoms with Gasteiger partial charge in [-0.15, -0.1) is 0 Å². The van der Waals surface area contributed by atoms with Crippen LogP contribution in [-0.2, 0) is 6.61 Å². The molecule has 0 heterocycles. The summed E-state index contributed by atoms with van der Waals surface area (Å²) in [5.41, 5.74) is 2.38. The Kier molecular flexibility index (Phi) is 4.60. The third kappa shape index (κ3) is 3.23. The Morgan fingerprint density at radius 1 is 1.00 bits per heavy atom. The summed E-state index contributed by atoms with van der Waals surface area (Å²) < 4.78 is 32.7. The van der Waals surface area contributed by atoms with Gasteiger partial charge >= 0.3 is 7.12 Å². The van der Waals surface area contributed by atoms with Crippen LogP contribution >= 0.6 is 0 Å². The molecule has 21 heavy (non-hydrogen) atoms. The first-order valence-electron chi connectivity index (χ1n) is 6.43. The van der Waals surface area contributed by atoms with Crippen LogP contribution in [0.1, 0.15) is 16.7 Å². The molecule has 0 amide bonds. The third-order valence-corrected chi connectivity index (χ3v) is 3.37. The molecule has 0 radical (unpaired) electrons. The molecule has 110 valence electrons. The van der Waals surface area contributed by atoms with E-state index in [1.54, 1.807) is 0 Å². The molecule has 2 N–H and O–H groups in total. The fraction of sp³-hybridized carbons (Fsp3) is 0.200. The van der Waals surface area contributed by atoms with E-state index in [-0.39, 0.29) is 12.4 Å². The monoisotopic (exact) mass is 292 g/mol. The van der Waals surface area contributed by atoms with Gasteiger partial charge in [-0.2, -0.15) is 4.39 Å². The second-order valence-corrected chi connectivity index (χ2v) is 4.81. The molecule has 0 aromatic heterocycles. The minimum atomic E-state index is -2.06. The molecule has 3 nitrogen and oxygen atoms in total. The molecule has 0 fully saturated rings. The van der Waals surface area contributed by atoms with E-state index in [1.807, 2.05) is 32.0 Å². The Bertz CT molecular complexity index is 639. The molecular weight excluding hydrogens is 277 g/mol. The van der Waals surface area contributed by atoms with Gasteiger partial charge in [-0.05, 0) is 36.6 Å². The fourth-order valence-electron chi connectivity index (χ4n) is 2.08. The van der Waals surface area contributed by atoms with Crippen LogP contribution in [0.4, 0.5) is 8.78 Å². The highest BCUT2D eigenvalue weighted by atomic mass is 19.2. The average molecular weight is 292 g/mol. The number of hydrogen-bond acceptors (Lipinski definition) is 3. The summed E-state index contributed by atoms with van der Waals surface area (Å²) >= 11 is 0. The Morgan fingerprint density at radius 3 is 2.19 bits per heavy atom. The zero-order valence-corrected chi connectivity index (χ0v) is 11.7. The SMILES string of the molecule is Cc1cccc(C)c1COc1ccc(B(O)O)c(F)c1F. The summed E-state index contributed by atoms with van der Waals surface area (Å²) in [7, 11) is -2.06. The number of aryl methyl sites for hydroxylation is 2. The highest BCUT2D eigenvalue weighted by Gasteiger charge is 2.22. The Hall–Kier alpha value is -1.92. The van der Waals surface area contributed by atoms with Crippen molar-refractivity contribution < 1.29 is 23.6 Å². The van der Waals surface area contributed by atoms with Gasteiger partial charge in [-0.3, -0.25) is 0 Å². The molecule has 0 saturated carbocycles. The van der Waals surface area contributed by atoms with Crippen LogP contribution in [0.25, 0.3) is 0 Å². The van der Waals surface area contributed by atoms with E-state index in [4.69, 9.17) is 14.8 Å². The number of rotatable bonds is 4. The molecule has 2 aromatic rings. The van der Waals surface area contributed by atoms with Gasteiger partial charge in [0, 0.05) is 5.46 Å². The summed E-state index contributed by atoms with van der Waals surface area (Å²) in [6, 6.07) is 8.00. The maximum absolute atomic E-state index is 13.8. The van der Waals surface area contributed by atoms with E-state index in [0.717, 1.165) is 22.8 Å². The van der Waals surface area contributed by atoms with Gasteiger partial charge in [-0.25, -0.2) is 4.39 Å². The fourth-order valence-corrected chi connectivity index (χ4v) is 2.08. The lowest BCUT2D eigenvalue weighted by Gasteiger charge is -2.13. The summed E-state index contributed by atoms with van der Waals surface area (Å²) in [4.78, 5) is 0. The van der Waals surface area contributed by atoms with Crippen LogP contribution in [-0.4, -0.2) is 17.2 Å². The largest absolute Gasteiger partial charge is 0.491 e. The lowest BCUT2D eigenvalue weighted by atomic mass is 9.80. The molecule has 0 aliphatic carbocycles. The van der Waals surface area contributed by atoms with Crippen LogP contribution < -0.4 is 10.2 Å². The Morgan fingerprint density at radius 2 is 1.62 bits per heavy atom. The molecule has 2 rings (SSSR count). The lowest BCUT2D eigenvalue weighted by Crippen LogP contribution is -2.33. The molecule has 0 spiro atoms. The van der Waals surface area contributed by atoms with Crippen molar-refractivity contribution in [2.45, 2.75) is 20.5 Å². The normalized spacial score (nSPS) is 10.6. The second kappa shape index (κ2) is 6.24. The summed E-state index contributed by atoms with van der Waals surface area (Å²) in [5, 5.41) is 17.8. The topological polar surface area (TPSA) is 49.7 Å². The van der Waals surface area contributed by atoms with Gasteiger partial charge in [0.1, 0.15) is 6.61 Å². The summed E-state index contributed by atoms with van der Waals surface area (Å²) in [6.07, 6.45) is 0. The first-order chi connectivity index (χ1) is 9.91. The van der Waals surface area contributed by atoms with Gasteiger partial charge in [0.05, 0.1) is 0 Å². The van der Waals surface area contributed by atoms with Crippen LogP contribution in [0.3, 0.4) is 0 Å². The number of benzene rings is 2. The quantitative estimate of drug-likeness (QED) is 0.845. The predicted molar refractivity (Wildman–Crippen MR) is 76.4 cm³/mol. The molecule has 0 bridgehead atoms. The maximum Gasteiger partial charge on any atom is 0.491 e. The van der Waals surface area contributed by atoms with Crippen LogP contribution in [0.15, 0.2) is 30.3 Å². The summed E-state index contributed by atoms with van der Waals surface area (Å²) in [6.45, 7) is 3.93. The molecule has 2 aromatic carbocycles. The van der Waals surface area contributed by atoms with Gasteiger partial charge in [0.25, 0.3) is 0 Å². The maximum atomic E-state index is 13.8. The van der Waals surface area contributed by atoms with Gasteiger partial charge in [0.2, 0.25) is 0 Å². The lowest BCUT2D eigenvalue weighted by molar-refractivity contribution is 0.283. The number of halogens is 2. The van der Waals surface area contributed by atoms with Crippen LogP contribution in [0.2, 0.25) is 0 Å². The molecule has 0 unspecified atom stereocenters. The van der Waals surface area contributed by atoms with E-state index >= 15 is 0 Å².